The third-order valence-corrected chi connectivity index (χ3v) is 6.69. The SMILES string of the molecule is CCN(Cc1ccc(C#CC(C)(C)O)s1)C[C@@H]1CCCN(CCc2cccc(F)c2)C1. The highest BCUT2D eigenvalue weighted by atomic mass is 32.1. The Morgan fingerprint density at radius 2 is 2.13 bits per heavy atom. The van der Waals surface area contributed by atoms with E-state index >= 15 is 0 Å². The van der Waals surface area contributed by atoms with Crippen molar-refractivity contribution in [1.29, 1.82) is 0 Å². The standard InChI is InChI=1S/C26H35FN2OS/c1-4-28(20-25-11-10-24(31-25)12-14-26(2,3)30)18-22-8-6-15-29(19-22)16-13-21-7-5-9-23(27)17-21/h5,7,9-11,17,22,30H,4,6,8,13,15-16,18-20H2,1-3H3/t22-/m0/s1. The molecule has 1 saturated heterocycles. The molecule has 168 valence electrons. The van der Waals surface area contributed by atoms with E-state index < -0.39 is 5.60 Å². The summed E-state index contributed by atoms with van der Waals surface area (Å²) in [5.41, 5.74) is 0.125. The highest BCUT2D eigenvalue weighted by molar-refractivity contribution is 7.12. The number of likely N-dealkylation sites (tertiary alicyclic amines) is 1. The van der Waals surface area contributed by atoms with Crippen LogP contribution in [0.4, 0.5) is 4.39 Å². The first-order valence-electron chi connectivity index (χ1n) is 11.3. The first kappa shape index (κ1) is 23.9. The lowest BCUT2D eigenvalue weighted by Gasteiger charge is -2.35. The van der Waals surface area contributed by atoms with E-state index in [0.29, 0.717) is 5.92 Å². The molecule has 0 amide bonds. The van der Waals surface area contributed by atoms with Gasteiger partial charge < -0.3 is 10.0 Å². The van der Waals surface area contributed by atoms with Crippen molar-refractivity contribution in [1.82, 2.24) is 9.80 Å². The van der Waals surface area contributed by atoms with Crippen molar-refractivity contribution in [2.24, 2.45) is 5.92 Å². The lowest BCUT2D eigenvalue weighted by atomic mass is 9.97. The normalized spacial score (nSPS) is 17.5. The van der Waals surface area contributed by atoms with Crippen molar-refractivity contribution in [3.05, 3.63) is 57.5 Å². The Morgan fingerprint density at radius 1 is 1.29 bits per heavy atom. The zero-order chi connectivity index (χ0) is 22.3. The summed E-state index contributed by atoms with van der Waals surface area (Å²) in [5.74, 6) is 6.51. The summed E-state index contributed by atoms with van der Waals surface area (Å²) in [6, 6.07) is 11.2. The summed E-state index contributed by atoms with van der Waals surface area (Å²) in [6.07, 6.45) is 3.42. The van der Waals surface area contributed by atoms with E-state index in [1.165, 1.54) is 23.8 Å². The van der Waals surface area contributed by atoms with Gasteiger partial charge in [0, 0.05) is 31.1 Å². The molecule has 1 N–H and O–H groups in total. The number of piperidine rings is 1. The van der Waals surface area contributed by atoms with Crippen LogP contribution in [-0.4, -0.2) is 53.2 Å². The van der Waals surface area contributed by atoms with Gasteiger partial charge in [0.25, 0.3) is 0 Å². The van der Waals surface area contributed by atoms with Crippen molar-refractivity contribution < 1.29 is 9.50 Å². The van der Waals surface area contributed by atoms with Gasteiger partial charge >= 0.3 is 0 Å². The molecule has 0 saturated carbocycles. The van der Waals surface area contributed by atoms with E-state index in [1.807, 2.05) is 6.07 Å². The van der Waals surface area contributed by atoms with Crippen molar-refractivity contribution in [3.8, 4) is 11.8 Å². The zero-order valence-electron chi connectivity index (χ0n) is 19.0. The van der Waals surface area contributed by atoms with Gasteiger partial charge in [-0.15, -0.1) is 11.3 Å². The molecule has 2 heterocycles. The molecule has 0 bridgehead atoms. The van der Waals surface area contributed by atoms with E-state index in [1.54, 1.807) is 37.3 Å². The summed E-state index contributed by atoms with van der Waals surface area (Å²) in [4.78, 5) is 7.40. The first-order valence-corrected chi connectivity index (χ1v) is 12.2. The fourth-order valence-corrected chi connectivity index (χ4v) is 5.02. The minimum Gasteiger partial charge on any atom is -0.378 e. The molecule has 1 atom stereocenters. The maximum atomic E-state index is 13.4. The van der Waals surface area contributed by atoms with Crippen molar-refractivity contribution >= 4 is 11.3 Å². The van der Waals surface area contributed by atoms with Crippen LogP contribution < -0.4 is 0 Å². The predicted octanol–water partition coefficient (Wildman–Crippen LogP) is 4.79. The smallest absolute Gasteiger partial charge is 0.123 e. The molecule has 31 heavy (non-hydrogen) atoms. The third-order valence-electron chi connectivity index (χ3n) is 5.71. The lowest BCUT2D eigenvalue weighted by Crippen LogP contribution is -2.41. The first-order chi connectivity index (χ1) is 14.8. The molecule has 3 nitrogen and oxygen atoms in total. The maximum absolute atomic E-state index is 13.4. The Hall–Kier alpha value is -1.71. The second-order valence-electron chi connectivity index (χ2n) is 9.09. The number of rotatable bonds is 8. The molecule has 0 unspecified atom stereocenters. The Kier molecular flexibility index (Phi) is 8.68. The molecule has 1 aromatic carbocycles. The van der Waals surface area contributed by atoms with Gasteiger partial charge in [-0.05, 0) is 81.9 Å². The van der Waals surface area contributed by atoms with Crippen LogP contribution in [0.2, 0.25) is 0 Å². The molecule has 1 fully saturated rings. The largest absolute Gasteiger partial charge is 0.378 e. The lowest BCUT2D eigenvalue weighted by molar-refractivity contribution is 0.133. The van der Waals surface area contributed by atoms with Crippen LogP contribution in [0, 0.1) is 23.6 Å². The molecule has 0 spiro atoms. The van der Waals surface area contributed by atoms with Crippen LogP contribution in [-0.2, 0) is 13.0 Å². The van der Waals surface area contributed by atoms with Crippen LogP contribution in [0.5, 0.6) is 0 Å². The van der Waals surface area contributed by atoms with Gasteiger partial charge in [0.1, 0.15) is 11.4 Å². The summed E-state index contributed by atoms with van der Waals surface area (Å²) < 4.78 is 13.4. The number of aliphatic hydroxyl groups is 1. The summed E-state index contributed by atoms with van der Waals surface area (Å²) in [6.45, 7) is 12.0. The van der Waals surface area contributed by atoms with E-state index in [9.17, 15) is 9.50 Å². The minimum atomic E-state index is -0.957. The maximum Gasteiger partial charge on any atom is 0.123 e. The van der Waals surface area contributed by atoms with Crippen molar-refractivity contribution in [2.75, 3.05) is 32.7 Å². The van der Waals surface area contributed by atoms with Gasteiger partial charge in [0.15, 0.2) is 0 Å². The second kappa shape index (κ2) is 11.2. The van der Waals surface area contributed by atoms with Gasteiger partial charge in [-0.2, -0.15) is 0 Å². The Labute approximate surface area is 190 Å². The molecular formula is C26H35FN2OS. The number of hydrogen-bond acceptors (Lipinski definition) is 4. The van der Waals surface area contributed by atoms with Gasteiger partial charge in [-0.25, -0.2) is 4.39 Å². The van der Waals surface area contributed by atoms with E-state index in [0.717, 1.165) is 56.1 Å². The fraction of sp³-hybridized carbons (Fsp3) is 0.538. The highest BCUT2D eigenvalue weighted by Gasteiger charge is 2.22. The van der Waals surface area contributed by atoms with Gasteiger partial charge in [-0.1, -0.05) is 30.9 Å². The Bertz CT molecular complexity index is 893. The molecule has 1 aliphatic heterocycles. The molecule has 5 heteroatoms. The van der Waals surface area contributed by atoms with Crippen molar-refractivity contribution in [3.63, 3.8) is 0 Å². The highest BCUT2D eigenvalue weighted by Crippen LogP contribution is 2.22. The summed E-state index contributed by atoms with van der Waals surface area (Å²) >= 11 is 1.72. The fourth-order valence-electron chi connectivity index (χ4n) is 4.12. The molecule has 1 aliphatic rings. The van der Waals surface area contributed by atoms with Crippen molar-refractivity contribution in [2.45, 2.75) is 52.2 Å². The third kappa shape index (κ3) is 8.38. The molecule has 2 aromatic rings. The molecular weight excluding hydrogens is 407 g/mol. The summed E-state index contributed by atoms with van der Waals surface area (Å²) in [7, 11) is 0. The van der Waals surface area contributed by atoms with Crippen LogP contribution in [0.15, 0.2) is 36.4 Å². The predicted molar refractivity (Wildman–Crippen MR) is 128 cm³/mol. The van der Waals surface area contributed by atoms with Crippen LogP contribution >= 0.6 is 11.3 Å². The van der Waals surface area contributed by atoms with Crippen LogP contribution in [0.25, 0.3) is 0 Å². The van der Waals surface area contributed by atoms with E-state index in [2.05, 4.69) is 40.7 Å². The molecule has 3 rings (SSSR count). The average molecular weight is 443 g/mol. The Balaban J connectivity index is 1.49. The minimum absolute atomic E-state index is 0.143. The topological polar surface area (TPSA) is 26.7 Å². The number of nitrogens with zero attached hydrogens (tertiary/aromatic N) is 2. The van der Waals surface area contributed by atoms with Gasteiger partial charge in [0.2, 0.25) is 0 Å². The van der Waals surface area contributed by atoms with E-state index in [4.69, 9.17) is 0 Å². The molecule has 0 aliphatic carbocycles. The van der Waals surface area contributed by atoms with Gasteiger partial charge in [-0.3, -0.25) is 4.90 Å². The monoisotopic (exact) mass is 442 g/mol. The number of halogens is 1. The quantitative estimate of drug-likeness (QED) is 0.596. The van der Waals surface area contributed by atoms with Crippen LogP contribution in [0.3, 0.4) is 0 Å². The van der Waals surface area contributed by atoms with E-state index in [-0.39, 0.29) is 5.82 Å². The zero-order valence-corrected chi connectivity index (χ0v) is 19.8. The average Bonchev–Trinajstić information content (AvgIpc) is 3.18. The number of hydrogen-bond donors (Lipinski definition) is 1. The Morgan fingerprint density at radius 3 is 2.87 bits per heavy atom. The number of benzene rings is 1. The molecule has 1 aromatic heterocycles. The van der Waals surface area contributed by atoms with Crippen LogP contribution in [0.1, 0.15) is 48.9 Å². The number of thiophene rings is 1. The molecule has 0 radical (unpaired) electrons. The second-order valence-corrected chi connectivity index (χ2v) is 10.3. The summed E-state index contributed by atoms with van der Waals surface area (Å²) in [5, 5.41) is 9.79. The van der Waals surface area contributed by atoms with Gasteiger partial charge in [0.05, 0.1) is 4.88 Å².